The number of fused-ring (bicyclic) bond motifs is 2. The van der Waals surface area contributed by atoms with Crippen molar-refractivity contribution in [2.24, 2.45) is 0 Å². The smallest absolute Gasteiger partial charge is 0.408 e. The van der Waals surface area contributed by atoms with Gasteiger partial charge in [0.25, 0.3) is 0 Å². The van der Waals surface area contributed by atoms with Gasteiger partial charge in [-0.2, -0.15) is 0 Å². The van der Waals surface area contributed by atoms with E-state index in [-0.39, 0.29) is 5.76 Å². The highest BCUT2D eigenvalue weighted by Gasteiger charge is 2.14. The minimum atomic E-state index is -0.276. The van der Waals surface area contributed by atoms with Crippen LogP contribution in [-0.2, 0) is 26.1 Å². The lowest BCUT2D eigenvalue weighted by atomic mass is 10.1. The molecule has 3 aromatic rings. The summed E-state index contributed by atoms with van der Waals surface area (Å²) in [7, 11) is 2.10. The van der Waals surface area contributed by atoms with Gasteiger partial charge in [-0.15, -0.1) is 11.3 Å². The van der Waals surface area contributed by atoms with Crippen LogP contribution in [0.1, 0.15) is 15.3 Å². The zero-order valence-corrected chi connectivity index (χ0v) is 14.6. The van der Waals surface area contributed by atoms with Crippen LogP contribution in [0.3, 0.4) is 0 Å². The molecule has 0 radical (unpaired) electrons. The summed E-state index contributed by atoms with van der Waals surface area (Å²) in [5.41, 5.74) is 2.98. The van der Waals surface area contributed by atoms with Gasteiger partial charge in [-0.1, -0.05) is 12.1 Å². The molecule has 0 spiro atoms. The second-order valence-electron chi connectivity index (χ2n) is 6.31. The summed E-state index contributed by atoms with van der Waals surface area (Å²) in [5, 5.41) is 3.42. The molecule has 24 heavy (non-hydrogen) atoms. The van der Waals surface area contributed by atoms with Crippen molar-refractivity contribution >= 4 is 22.4 Å². The van der Waals surface area contributed by atoms with E-state index >= 15 is 0 Å². The molecule has 0 saturated carbocycles. The Morgan fingerprint density at radius 1 is 1.38 bits per heavy atom. The number of para-hydroxylation sites is 2. The van der Waals surface area contributed by atoms with Crippen LogP contribution in [-0.4, -0.2) is 29.6 Å². The fourth-order valence-corrected chi connectivity index (χ4v) is 4.50. The summed E-state index contributed by atoms with van der Waals surface area (Å²) in [4.78, 5) is 17.2. The monoisotopic (exact) mass is 343 g/mol. The van der Waals surface area contributed by atoms with Crippen molar-refractivity contribution in [3.63, 3.8) is 0 Å². The number of likely N-dealkylation sites (N-methyl/N-ethyl adjacent to an activating group) is 1. The highest BCUT2D eigenvalue weighted by molar-refractivity contribution is 7.12. The molecular weight excluding hydrogens is 322 g/mol. The maximum atomic E-state index is 12.0. The molecule has 0 amide bonds. The molecule has 0 aliphatic carbocycles. The third-order valence-corrected chi connectivity index (χ3v) is 5.72. The quantitative estimate of drug-likeness (QED) is 0.773. The van der Waals surface area contributed by atoms with Crippen LogP contribution in [0.5, 0.6) is 0 Å². The normalized spacial score (nSPS) is 14.4. The number of hydrogen-bond donors (Lipinski definition) is 1. The van der Waals surface area contributed by atoms with Crippen LogP contribution in [0.4, 0.5) is 0 Å². The van der Waals surface area contributed by atoms with Gasteiger partial charge >= 0.3 is 5.76 Å². The highest BCUT2D eigenvalue weighted by atomic mass is 32.1. The molecule has 1 N–H and O–H groups in total. The molecule has 0 bridgehead atoms. The van der Waals surface area contributed by atoms with Crippen molar-refractivity contribution in [1.29, 1.82) is 0 Å². The Morgan fingerprint density at radius 3 is 3.12 bits per heavy atom. The maximum absolute atomic E-state index is 12.0. The van der Waals surface area contributed by atoms with Gasteiger partial charge < -0.3 is 9.73 Å². The van der Waals surface area contributed by atoms with Crippen LogP contribution < -0.4 is 11.1 Å². The Bertz CT molecular complexity index is 885. The van der Waals surface area contributed by atoms with Crippen LogP contribution in [0.2, 0.25) is 0 Å². The Kier molecular flexibility index (Phi) is 4.26. The van der Waals surface area contributed by atoms with E-state index in [9.17, 15) is 4.79 Å². The Balaban J connectivity index is 1.42. The SMILES string of the molecule is CN(CCn1c(=O)oc2ccccc21)Cc1cc2c(s1)CCNC2. The molecule has 0 saturated heterocycles. The zero-order chi connectivity index (χ0) is 16.5. The van der Waals surface area contributed by atoms with Crippen LogP contribution in [0, 0.1) is 0 Å². The van der Waals surface area contributed by atoms with Crippen molar-refractivity contribution in [1.82, 2.24) is 14.8 Å². The minimum absolute atomic E-state index is 0.276. The van der Waals surface area contributed by atoms with Gasteiger partial charge in [0.1, 0.15) is 0 Å². The van der Waals surface area contributed by atoms with Crippen molar-refractivity contribution in [2.75, 3.05) is 20.1 Å². The third-order valence-electron chi connectivity index (χ3n) is 4.50. The Labute approximate surface area is 144 Å². The fourth-order valence-electron chi connectivity index (χ4n) is 3.23. The van der Waals surface area contributed by atoms with Gasteiger partial charge in [-0.25, -0.2) is 4.79 Å². The van der Waals surface area contributed by atoms with Gasteiger partial charge in [0.15, 0.2) is 5.58 Å². The van der Waals surface area contributed by atoms with Gasteiger partial charge in [-0.05, 0) is 37.2 Å². The predicted molar refractivity (Wildman–Crippen MR) is 96.5 cm³/mol. The van der Waals surface area contributed by atoms with Gasteiger partial charge in [-0.3, -0.25) is 9.47 Å². The zero-order valence-electron chi connectivity index (χ0n) is 13.7. The first kappa shape index (κ1) is 15.6. The van der Waals surface area contributed by atoms with E-state index in [4.69, 9.17) is 4.42 Å². The summed E-state index contributed by atoms with van der Waals surface area (Å²) >= 11 is 1.92. The molecule has 126 valence electrons. The van der Waals surface area contributed by atoms with Gasteiger partial charge in [0.2, 0.25) is 0 Å². The number of oxazole rings is 1. The first-order valence-electron chi connectivity index (χ1n) is 8.29. The van der Waals surface area contributed by atoms with Crippen LogP contribution in [0.25, 0.3) is 11.1 Å². The largest absolute Gasteiger partial charge is 0.419 e. The lowest BCUT2D eigenvalue weighted by molar-refractivity contribution is 0.310. The minimum Gasteiger partial charge on any atom is -0.408 e. The van der Waals surface area contributed by atoms with E-state index in [0.29, 0.717) is 12.1 Å². The number of hydrogen-bond acceptors (Lipinski definition) is 5. The number of rotatable bonds is 5. The molecule has 0 atom stereocenters. The van der Waals surface area contributed by atoms with E-state index in [1.165, 1.54) is 15.3 Å². The first-order valence-corrected chi connectivity index (χ1v) is 9.10. The number of nitrogens with zero attached hydrogens (tertiary/aromatic N) is 2. The van der Waals surface area contributed by atoms with E-state index in [1.54, 1.807) is 4.57 Å². The average Bonchev–Trinajstić information content (AvgIpc) is 3.12. The molecule has 0 unspecified atom stereocenters. The lowest BCUT2D eigenvalue weighted by Crippen LogP contribution is -2.26. The maximum Gasteiger partial charge on any atom is 0.419 e. The number of nitrogens with one attached hydrogen (secondary N) is 1. The first-order chi connectivity index (χ1) is 11.7. The molecule has 2 aromatic heterocycles. The van der Waals surface area contributed by atoms with Gasteiger partial charge in [0.05, 0.1) is 5.52 Å². The van der Waals surface area contributed by atoms with Crippen molar-refractivity contribution in [3.8, 4) is 0 Å². The van der Waals surface area contributed by atoms with E-state index < -0.39 is 0 Å². The summed E-state index contributed by atoms with van der Waals surface area (Å²) in [5.74, 6) is -0.276. The second-order valence-corrected chi connectivity index (χ2v) is 7.53. The Hall–Kier alpha value is -1.89. The molecular formula is C18H21N3O2S. The standard InChI is InChI=1S/C18H21N3O2S/c1-20(12-14-10-13-11-19-7-6-17(13)24-14)8-9-21-15-4-2-3-5-16(15)23-18(21)22/h2-5,10,19H,6-9,11-12H2,1H3. The van der Waals surface area contributed by atoms with Crippen LogP contribution in [0.15, 0.2) is 39.5 Å². The van der Waals surface area contributed by atoms with E-state index in [1.807, 2.05) is 35.6 Å². The molecule has 1 aliphatic heterocycles. The number of thiophene rings is 1. The van der Waals surface area contributed by atoms with Crippen LogP contribution >= 0.6 is 11.3 Å². The van der Waals surface area contributed by atoms with E-state index in [0.717, 1.165) is 38.1 Å². The number of benzene rings is 1. The molecule has 4 rings (SSSR count). The highest BCUT2D eigenvalue weighted by Crippen LogP contribution is 2.26. The Morgan fingerprint density at radius 2 is 2.25 bits per heavy atom. The average molecular weight is 343 g/mol. The van der Waals surface area contributed by atoms with Crippen molar-refractivity contribution in [2.45, 2.75) is 26.1 Å². The molecule has 1 aliphatic rings. The fraction of sp³-hybridized carbons (Fsp3) is 0.389. The van der Waals surface area contributed by atoms with E-state index in [2.05, 4.69) is 23.3 Å². The molecule has 6 heteroatoms. The molecule has 5 nitrogen and oxygen atoms in total. The van der Waals surface area contributed by atoms with Crippen molar-refractivity contribution in [3.05, 3.63) is 56.2 Å². The lowest BCUT2D eigenvalue weighted by Gasteiger charge is -2.15. The third kappa shape index (κ3) is 3.05. The molecule has 3 heterocycles. The second kappa shape index (κ2) is 6.55. The summed E-state index contributed by atoms with van der Waals surface area (Å²) in [6.07, 6.45) is 1.14. The topological polar surface area (TPSA) is 50.4 Å². The molecule has 1 aromatic carbocycles. The summed E-state index contributed by atoms with van der Waals surface area (Å²) in [6.45, 7) is 4.44. The summed E-state index contributed by atoms with van der Waals surface area (Å²) in [6, 6.07) is 9.90. The van der Waals surface area contributed by atoms with Crippen molar-refractivity contribution < 1.29 is 4.42 Å². The number of aromatic nitrogens is 1. The summed E-state index contributed by atoms with van der Waals surface area (Å²) < 4.78 is 7.01. The molecule has 0 fully saturated rings. The van der Waals surface area contributed by atoms with Gasteiger partial charge in [0, 0.05) is 42.5 Å². The predicted octanol–water partition coefficient (Wildman–Crippen LogP) is 2.43.